The minimum absolute atomic E-state index is 0.0371. The number of ether oxygens (including phenoxy) is 6. The van der Waals surface area contributed by atoms with Gasteiger partial charge in [0.25, 0.3) is 0 Å². The van der Waals surface area contributed by atoms with E-state index in [9.17, 15) is 50.1 Å². The van der Waals surface area contributed by atoms with Crippen LogP contribution in [0.1, 0.15) is 199 Å². The van der Waals surface area contributed by atoms with Crippen LogP contribution in [-0.2, 0) is 31.0 Å². The molecule has 0 aliphatic carbocycles. The number of fused-ring (bicyclic) bond motifs is 19. The number of rotatable bonds is 3. The van der Waals surface area contributed by atoms with Crippen LogP contribution < -0.4 is 14.2 Å². The van der Waals surface area contributed by atoms with Gasteiger partial charge in [-0.2, -0.15) is 11.3 Å². The molecule has 6 aliphatic rings. The number of thiophene rings is 1. The average Bonchev–Trinajstić information content (AvgIpc) is 1.61. The van der Waals surface area contributed by atoms with Gasteiger partial charge in [0.1, 0.15) is 74.7 Å². The Balaban J connectivity index is 0.000000136. The van der Waals surface area contributed by atoms with Crippen LogP contribution in [0.25, 0.3) is 10.8 Å². The van der Waals surface area contributed by atoms with Gasteiger partial charge in [-0.15, -0.1) is 0 Å². The molecule has 568 valence electrons. The van der Waals surface area contributed by atoms with Gasteiger partial charge >= 0.3 is 17.9 Å². The third-order valence-corrected chi connectivity index (χ3v) is 19.7. The smallest absolute Gasteiger partial charge is 0.340 e. The number of furan rings is 1. The zero-order valence-electron chi connectivity index (χ0n) is 63.6. The maximum Gasteiger partial charge on any atom is 0.340 e. The standard InChI is InChI=1S/3C20H12O5.C13H14O.C7H10O.C7H10S.3C2H6/c3*21-11-5-7-15-17(9-11)24-18-10-12(22)6-8-16(18)20(15)14-4-2-1-3-13(14)19(23)25-20;1-9(2)10-3-4-12-8-13(14)6-5-11(12)7-10;2*1-6(2)7-3-4-8-5-7;3*1-2/h3*1-10,21-22H;3-9,14H,1-2H3;2*3-6H,1-2H3;3*1-2H3. The molecule has 111 heavy (non-hydrogen) atoms. The Morgan fingerprint density at radius 3 is 0.856 bits per heavy atom. The Morgan fingerprint density at radius 1 is 0.297 bits per heavy atom. The monoisotopic (exact) mass is 1510 g/mol. The highest BCUT2D eigenvalue weighted by Gasteiger charge is 2.56. The van der Waals surface area contributed by atoms with E-state index in [0.29, 0.717) is 125 Å². The number of phenolic OH excluding ortho intramolecular Hbond substituents is 7. The van der Waals surface area contributed by atoms with E-state index in [-0.39, 0.29) is 34.5 Å². The first-order chi connectivity index (χ1) is 53.6. The summed E-state index contributed by atoms with van der Waals surface area (Å²) < 4.78 is 40.2. The fourth-order valence-corrected chi connectivity index (χ4v) is 14.6. The predicted octanol–water partition coefficient (Wildman–Crippen LogP) is 23.0. The fourth-order valence-electron chi connectivity index (χ4n) is 13.8. The highest BCUT2D eigenvalue weighted by atomic mass is 32.1. The third-order valence-electron chi connectivity index (χ3n) is 19.0. The molecule has 2 aromatic heterocycles. The van der Waals surface area contributed by atoms with Crippen LogP contribution in [-0.4, -0.2) is 53.7 Å². The first kappa shape index (κ1) is 79.1. The molecule has 7 N–H and O–H groups in total. The third kappa shape index (κ3) is 15.4. The number of carbonyl (C=O) groups excluding carboxylic acids is 3. The Bertz CT molecular complexity index is 4900. The minimum atomic E-state index is -1.17. The predicted molar refractivity (Wildman–Crippen MR) is 429 cm³/mol. The highest BCUT2D eigenvalue weighted by Crippen LogP contribution is 2.60. The molecule has 0 saturated carbocycles. The van der Waals surface area contributed by atoms with Crippen molar-refractivity contribution in [3.8, 4) is 74.7 Å². The van der Waals surface area contributed by atoms with Gasteiger partial charge in [0.15, 0.2) is 16.8 Å². The molecule has 0 amide bonds. The second-order valence-electron chi connectivity index (χ2n) is 26.6. The molecular weight excluding hydrogens is 1420 g/mol. The van der Waals surface area contributed by atoms with E-state index in [1.54, 1.807) is 109 Å². The van der Waals surface area contributed by atoms with Crippen molar-refractivity contribution in [2.75, 3.05) is 0 Å². The van der Waals surface area contributed by atoms with Gasteiger partial charge < -0.3 is 68.6 Å². The molecule has 17 nitrogen and oxygen atoms in total. The summed E-state index contributed by atoms with van der Waals surface area (Å²) in [4.78, 5) is 37.6. The number of hydrogen-bond acceptors (Lipinski definition) is 18. The Kier molecular flexibility index (Phi) is 24.0. The van der Waals surface area contributed by atoms with Gasteiger partial charge in [-0.3, -0.25) is 0 Å². The summed E-state index contributed by atoms with van der Waals surface area (Å²) in [5, 5.41) is 74.9. The molecule has 0 unspecified atom stereocenters. The number of carbonyl (C=O) groups is 3. The fraction of sp³-hybridized carbons (Fsp3) is 0.194. The van der Waals surface area contributed by atoms with Gasteiger partial charge in [-0.25, -0.2) is 14.4 Å². The molecule has 0 saturated heterocycles. The zero-order chi connectivity index (χ0) is 79.6. The lowest BCUT2D eigenvalue weighted by atomic mass is 9.77. The summed E-state index contributed by atoms with van der Waals surface area (Å²) in [7, 11) is 0. The normalized spacial score (nSPS) is 13.7. The zero-order valence-corrected chi connectivity index (χ0v) is 64.4. The van der Waals surface area contributed by atoms with Crippen LogP contribution in [0.15, 0.2) is 258 Å². The van der Waals surface area contributed by atoms with E-state index in [2.05, 4.69) is 76.6 Å². The van der Waals surface area contributed by atoms with Gasteiger partial charge in [0.05, 0.1) is 29.2 Å². The molecule has 8 heterocycles. The van der Waals surface area contributed by atoms with Gasteiger partial charge in [-0.05, 0) is 171 Å². The first-order valence-electron chi connectivity index (χ1n) is 36.9. The summed E-state index contributed by atoms with van der Waals surface area (Å²) >= 11 is 1.77. The van der Waals surface area contributed by atoms with E-state index >= 15 is 0 Å². The van der Waals surface area contributed by atoms with Crippen LogP contribution >= 0.6 is 11.3 Å². The number of benzene rings is 11. The molecule has 18 heteroatoms. The summed E-state index contributed by atoms with van der Waals surface area (Å²) in [5.41, 5.74) is 7.91. The van der Waals surface area contributed by atoms with Gasteiger partial charge in [-0.1, -0.05) is 162 Å². The Labute approximate surface area is 649 Å². The van der Waals surface area contributed by atoms with E-state index in [1.165, 1.54) is 94.9 Å². The lowest BCUT2D eigenvalue weighted by Crippen LogP contribution is -2.32. The maximum absolute atomic E-state index is 12.5. The van der Waals surface area contributed by atoms with E-state index in [4.69, 9.17) is 32.8 Å². The Hall–Kier alpha value is -12.9. The van der Waals surface area contributed by atoms with Crippen molar-refractivity contribution in [3.05, 3.63) is 337 Å². The molecule has 0 atom stereocenters. The summed E-state index contributed by atoms with van der Waals surface area (Å²) in [6, 6.07) is 65.8. The molecule has 6 aliphatic heterocycles. The maximum atomic E-state index is 12.5. The van der Waals surface area contributed by atoms with Crippen molar-refractivity contribution in [3.63, 3.8) is 0 Å². The summed E-state index contributed by atoms with van der Waals surface area (Å²) in [6.07, 6.45) is 3.49. The molecule has 0 fully saturated rings. The summed E-state index contributed by atoms with van der Waals surface area (Å²) in [5.74, 6) is 3.39. The van der Waals surface area contributed by atoms with E-state index < -0.39 is 34.7 Å². The van der Waals surface area contributed by atoms with Crippen molar-refractivity contribution in [2.24, 2.45) is 0 Å². The lowest BCUT2D eigenvalue weighted by molar-refractivity contribution is 0.0214. The van der Waals surface area contributed by atoms with Crippen LogP contribution in [0, 0.1) is 0 Å². The number of esters is 3. The lowest BCUT2D eigenvalue weighted by Gasteiger charge is -2.36. The quantitative estimate of drug-likeness (QED) is 0.0640. The number of hydrogen-bond donors (Lipinski definition) is 7. The van der Waals surface area contributed by atoms with Crippen LogP contribution in [0.2, 0.25) is 0 Å². The largest absolute Gasteiger partial charge is 0.508 e. The molecule has 13 aromatic rings. The molecule has 0 bridgehead atoms. The van der Waals surface area contributed by atoms with E-state index in [0.717, 1.165) is 5.39 Å². The second kappa shape index (κ2) is 33.7. The van der Waals surface area contributed by atoms with Crippen molar-refractivity contribution in [1.29, 1.82) is 0 Å². The van der Waals surface area contributed by atoms with E-state index in [1.807, 2.05) is 90.1 Å². The molecule has 0 radical (unpaired) electrons. The van der Waals surface area contributed by atoms with Crippen molar-refractivity contribution in [1.82, 2.24) is 0 Å². The Morgan fingerprint density at radius 2 is 0.586 bits per heavy atom. The number of aromatic hydroxyl groups is 7. The minimum Gasteiger partial charge on any atom is -0.508 e. The van der Waals surface area contributed by atoms with Crippen LogP contribution in [0.5, 0.6) is 74.7 Å². The van der Waals surface area contributed by atoms with Crippen molar-refractivity contribution < 1.29 is 83.0 Å². The van der Waals surface area contributed by atoms with Gasteiger partial charge in [0, 0.05) is 86.5 Å². The second-order valence-corrected chi connectivity index (χ2v) is 27.4. The van der Waals surface area contributed by atoms with Crippen LogP contribution in [0.4, 0.5) is 0 Å². The average molecular weight is 1510 g/mol. The van der Waals surface area contributed by atoms with Crippen molar-refractivity contribution >= 4 is 40.0 Å². The topological polar surface area (TPSA) is 261 Å². The molecule has 3 spiro atoms. The molecular formula is C93H88O17S. The van der Waals surface area contributed by atoms with Crippen LogP contribution in [0.3, 0.4) is 0 Å². The summed E-state index contributed by atoms with van der Waals surface area (Å²) in [6.45, 7) is 25.1. The molecule has 19 rings (SSSR count). The SMILES string of the molecule is CC.CC.CC.CC(C)c1ccc2cc(O)ccc2c1.CC(C)c1ccoc1.CC(C)c1ccsc1.O=C1OC2(c3ccc(O)cc3Oc3cc(O)ccc32)c2ccccc21.O=C1OC2(c3ccc(O)cc3Oc3cc(O)ccc32)c2ccccc21.O=C1OC2(c3ccc(O)cc3Oc3cc(O)ccc32)c2ccccc21. The van der Waals surface area contributed by atoms with Gasteiger partial charge in [0.2, 0.25) is 0 Å². The van der Waals surface area contributed by atoms with Crippen molar-refractivity contribution in [2.45, 2.75) is 118 Å². The first-order valence-corrected chi connectivity index (χ1v) is 37.8. The number of phenols is 7. The highest BCUT2D eigenvalue weighted by molar-refractivity contribution is 7.08. The molecule has 11 aromatic carbocycles.